The average Bonchev–Trinajstić information content (AvgIpc) is 2.83. The van der Waals surface area contributed by atoms with Gasteiger partial charge in [-0.05, 0) is 24.5 Å². The lowest BCUT2D eigenvalue weighted by atomic mass is 10.1. The van der Waals surface area contributed by atoms with E-state index in [1.807, 2.05) is 13.1 Å². The van der Waals surface area contributed by atoms with Gasteiger partial charge < -0.3 is 14.6 Å². The normalized spacial score (nSPS) is 10.8. The summed E-state index contributed by atoms with van der Waals surface area (Å²) in [6, 6.07) is 8.52. The molecule has 0 spiro atoms. The summed E-state index contributed by atoms with van der Waals surface area (Å²) in [5.41, 5.74) is 3.73. The molecule has 0 amide bonds. The van der Waals surface area contributed by atoms with Crippen molar-refractivity contribution in [1.82, 2.24) is 9.55 Å². The summed E-state index contributed by atoms with van der Waals surface area (Å²) >= 11 is 0. The zero-order valence-corrected chi connectivity index (χ0v) is 12.5. The van der Waals surface area contributed by atoms with Gasteiger partial charge in [0, 0.05) is 26.4 Å². The summed E-state index contributed by atoms with van der Waals surface area (Å²) in [7, 11) is 1.72. The van der Waals surface area contributed by atoms with Crippen molar-refractivity contribution in [3.63, 3.8) is 0 Å². The zero-order valence-electron chi connectivity index (χ0n) is 12.5. The molecule has 0 aliphatic heterocycles. The largest absolute Gasteiger partial charge is 0.383 e. The number of ether oxygens (including phenoxy) is 1. The molecule has 20 heavy (non-hydrogen) atoms. The predicted molar refractivity (Wildman–Crippen MR) is 82.0 cm³/mol. The number of imidazole rings is 1. The molecule has 2 rings (SSSR count). The quantitative estimate of drug-likeness (QED) is 0.843. The third-order valence-corrected chi connectivity index (χ3v) is 3.37. The second-order valence-electron chi connectivity index (χ2n) is 4.87. The van der Waals surface area contributed by atoms with Gasteiger partial charge in [-0.25, -0.2) is 4.98 Å². The molecule has 1 aromatic carbocycles. The fourth-order valence-corrected chi connectivity index (χ4v) is 2.30. The van der Waals surface area contributed by atoms with E-state index in [1.54, 1.807) is 7.11 Å². The SMILES string of the molecule is CCc1ccccc1CNc1nc(C)cn1CCOC. The number of nitrogens with zero attached hydrogens (tertiary/aromatic N) is 2. The molecular weight excluding hydrogens is 250 g/mol. The number of rotatable bonds is 7. The van der Waals surface area contributed by atoms with Crippen LogP contribution in [0.5, 0.6) is 0 Å². The minimum atomic E-state index is 0.691. The lowest BCUT2D eigenvalue weighted by Crippen LogP contribution is -2.10. The molecule has 4 nitrogen and oxygen atoms in total. The molecule has 0 bridgehead atoms. The third kappa shape index (κ3) is 3.61. The number of anilines is 1. The molecule has 1 heterocycles. The summed E-state index contributed by atoms with van der Waals surface area (Å²) in [6.07, 6.45) is 3.10. The molecule has 1 aromatic heterocycles. The standard InChI is InChI=1S/C16H23N3O/c1-4-14-7-5-6-8-15(14)11-17-16-18-13(2)12-19(16)9-10-20-3/h5-8,12H,4,9-11H2,1-3H3,(H,17,18). The Morgan fingerprint density at radius 2 is 2.00 bits per heavy atom. The highest BCUT2D eigenvalue weighted by atomic mass is 16.5. The Balaban J connectivity index is 2.06. The van der Waals surface area contributed by atoms with E-state index in [0.29, 0.717) is 6.61 Å². The van der Waals surface area contributed by atoms with Gasteiger partial charge in [-0.3, -0.25) is 0 Å². The van der Waals surface area contributed by atoms with Gasteiger partial charge in [-0.2, -0.15) is 0 Å². The molecule has 0 aliphatic rings. The van der Waals surface area contributed by atoms with E-state index in [1.165, 1.54) is 11.1 Å². The van der Waals surface area contributed by atoms with Crippen molar-refractivity contribution in [2.45, 2.75) is 33.4 Å². The minimum absolute atomic E-state index is 0.691. The molecule has 0 radical (unpaired) electrons. The van der Waals surface area contributed by atoms with E-state index >= 15 is 0 Å². The van der Waals surface area contributed by atoms with Crippen molar-refractivity contribution in [2.75, 3.05) is 19.0 Å². The Morgan fingerprint density at radius 1 is 1.25 bits per heavy atom. The monoisotopic (exact) mass is 273 g/mol. The molecule has 0 saturated heterocycles. The summed E-state index contributed by atoms with van der Waals surface area (Å²) in [6.45, 7) is 6.50. The van der Waals surface area contributed by atoms with E-state index in [-0.39, 0.29) is 0 Å². The van der Waals surface area contributed by atoms with Crippen LogP contribution in [0.1, 0.15) is 23.7 Å². The smallest absolute Gasteiger partial charge is 0.203 e. The van der Waals surface area contributed by atoms with Crippen LogP contribution in [0.3, 0.4) is 0 Å². The summed E-state index contributed by atoms with van der Waals surface area (Å²) < 4.78 is 7.24. The van der Waals surface area contributed by atoms with Crippen LogP contribution < -0.4 is 5.32 Å². The highest BCUT2D eigenvalue weighted by Crippen LogP contribution is 2.13. The molecule has 0 atom stereocenters. The third-order valence-electron chi connectivity index (χ3n) is 3.37. The highest BCUT2D eigenvalue weighted by molar-refractivity contribution is 5.34. The number of benzene rings is 1. The van der Waals surface area contributed by atoms with Crippen LogP contribution in [0.25, 0.3) is 0 Å². The van der Waals surface area contributed by atoms with Gasteiger partial charge in [-0.1, -0.05) is 31.2 Å². The second kappa shape index (κ2) is 7.10. The van der Waals surface area contributed by atoms with Gasteiger partial charge in [0.2, 0.25) is 5.95 Å². The lowest BCUT2D eigenvalue weighted by molar-refractivity contribution is 0.187. The number of methoxy groups -OCH3 is 1. The Bertz CT molecular complexity index is 548. The Kier molecular flexibility index (Phi) is 5.18. The number of nitrogens with one attached hydrogen (secondary N) is 1. The molecule has 0 aliphatic carbocycles. The van der Waals surface area contributed by atoms with Gasteiger partial charge in [0.05, 0.1) is 12.3 Å². The molecule has 0 unspecified atom stereocenters. The number of aryl methyl sites for hydroxylation is 2. The fraction of sp³-hybridized carbons (Fsp3) is 0.438. The summed E-state index contributed by atoms with van der Waals surface area (Å²) in [5, 5.41) is 3.43. The van der Waals surface area contributed by atoms with Crippen molar-refractivity contribution in [1.29, 1.82) is 0 Å². The van der Waals surface area contributed by atoms with Gasteiger partial charge >= 0.3 is 0 Å². The second-order valence-corrected chi connectivity index (χ2v) is 4.87. The highest BCUT2D eigenvalue weighted by Gasteiger charge is 2.06. The predicted octanol–water partition coefficient (Wildman–Crippen LogP) is 3.01. The van der Waals surface area contributed by atoms with Gasteiger partial charge in [0.1, 0.15) is 0 Å². The number of hydrogen-bond donors (Lipinski definition) is 1. The van der Waals surface area contributed by atoms with Gasteiger partial charge in [0.25, 0.3) is 0 Å². The van der Waals surface area contributed by atoms with E-state index in [2.05, 4.69) is 46.1 Å². The minimum Gasteiger partial charge on any atom is -0.383 e. The first-order valence-corrected chi connectivity index (χ1v) is 7.08. The number of hydrogen-bond acceptors (Lipinski definition) is 3. The van der Waals surface area contributed by atoms with Crippen molar-refractivity contribution in [3.8, 4) is 0 Å². The summed E-state index contributed by atoms with van der Waals surface area (Å²) in [5.74, 6) is 0.908. The number of aromatic nitrogens is 2. The average molecular weight is 273 g/mol. The van der Waals surface area contributed by atoms with Crippen LogP contribution in [0, 0.1) is 6.92 Å². The van der Waals surface area contributed by atoms with E-state index in [0.717, 1.165) is 31.2 Å². The Labute approximate surface area is 120 Å². The molecule has 108 valence electrons. The Hall–Kier alpha value is -1.81. The zero-order chi connectivity index (χ0) is 14.4. The maximum atomic E-state index is 5.13. The fourth-order valence-electron chi connectivity index (χ4n) is 2.30. The van der Waals surface area contributed by atoms with Gasteiger partial charge in [0.15, 0.2) is 0 Å². The van der Waals surface area contributed by atoms with Crippen LogP contribution in [-0.4, -0.2) is 23.3 Å². The molecule has 1 N–H and O–H groups in total. The first kappa shape index (κ1) is 14.6. The lowest BCUT2D eigenvalue weighted by Gasteiger charge is -2.11. The molecule has 0 fully saturated rings. The van der Waals surface area contributed by atoms with Crippen molar-refractivity contribution in [3.05, 3.63) is 47.3 Å². The molecule has 0 saturated carbocycles. The van der Waals surface area contributed by atoms with Crippen LogP contribution in [0.4, 0.5) is 5.95 Å². The topological polar surface area (TPSA) is 39.1 Å². The van der Waals surface area contributed by atoms with Crippen LogP contribution >= 0.6 is 0 Å². The van der Waals surface area contributed by atoms with Crippen molar-refractivity contribution < 1.29 is 4.74 Å². The molecular formula is C16H23N3O. The maximum Gasteiger partial charge on any atom is 0.203 e. The van der Waals surface area contributed by atoms with Gasteiger partial charge in [-0.15, -0.1) is 0 Å². The van der Waals surface area contributed by atoms with Crippen molar-refractivity contribution >= 4 is 5.95 Å². The first-order valence-electron chi connectivity index (χ1n) is 7.08. The van der Waals surface area contributed by atoms with E-state index in [9.17, 15) is 0 Å². The van der Waals surface area contributed by atoms with E-state index in [4.69, 9.17) is 4.74 Å². The molecule has 2 aromatic rings. The first-order chi connectivity index (χ1) is 9.74. The van der Waals surface area contributed by atoms with Crippen LogP contribution in [0.2, 0.25) is 0 Å². The summed E-state index contributed by atoms with van der Waals surface area (Å²) in [4.78, 5) is 4.53. The van der Waals surface area contributed by atoms with Crippen LogP contribution in [-0.2, 0) is 24.2 Å². The van der Waals surface area contributed by atoms with E-state index < -0.39 is 0 Å². The molecule has 4 heteroatoms. The van der Waals surface area contributed by atoms with Crippen molar-refractivity contribution in [2.24, 2.45) is 0 Å². The Morgan fingerprint density at radius 3 is 2.70 bits per heavy atom. The maximum absolute atomic E-state index is 5.13. The van der Waals surface area contributed by atoms with Crippen LogP contribution in [0.15, 0.2) is 30.5 Å².